The number of nitrogens with zero attached hydrogens (tertiary/aromatic N) is 1. The predicted octanol–water partition coefficient (Wildman–Crippen LogP) is 2.54. The highest BCUT2D eigenvalue weighted by Gasteiger charge is 2.36. The zero-order valence-electron chi connectivity index (χ0n) is 13.1. The van der Waals surface area contributed by atoms with Gasteiger partial charge in [0.15, 0.2) is 0 Å². The zero-order valence-corrected chi connectivity index (χ0v) is 13.9. The van der Waals surface area contributed by atoms with Gasteiger partial charge in [-0.15, -0.1) is 0 Å². The van der Waals surface area contributed by atoms with Gasteiger partial charge in [-0.25, -0.2) is 4.79 Å². The first-order chi connectivity index (χ1) is 10.3. The third kappa shape index (κ3) is 4.13. The second kappa shape index (κ2) is 6.57. The second-order valence-corrected chi connectivity index (χ2v) is 6.90. The highest BCUT2D eigenvalue weighted by Crippen LogP contribution is 2.21. The first-order valence-electron chi connectivity index (χ1n) is 7.35. The number of benzene rings is 1. The van der Waals surface area contributed by atoms with Crippen LogP contribution in [0.1, 0.15) is 32.8 Å². The van der Waals surface area contributed by atoms with E-state index in [9.17, 15) is 9.59 Å². The fraction of sp³-hybridized carbons (Fsp3) is 0.500. The van der Waals surface area contributed by atoms with Gasteiger partial charge in [0.2, 0.25) is 5.91 Å². The molecular weight excluding hydrogens is 302 g/mol. The molecule has 1 aliphatic rings. The summed E-state index contributed by atoms with van der Waals surface area (Å²) in [5.74, 6) is 0.0731. The van der Waals surface area contributed by atoms with E-state index in [1.54, 1.807) is 11.0 Å². The molecule has 1 heterocycles. The Kier molecular flexibility index (Phi) is 4.96. The number of halogens is 1. The van der Waals surface area contributed by atoms with Gasteiger partial charge in [0.05, 0.1) is 6.04 Å². The molecule has 0 aromatic heterocycles. The molecule has 5 nitrogen and oxygen atoms in total. The lowest BCUT2D eigenvalue weighted by atomic mass is 10.1. The van der Waals surface area contributed by atoms with Gasteiger partial charge in [0, 0.05) is 30.1 Å². The minimum atomic E-state index is -0.284. The number of likely N-dealkylation sites (tertiary alicyclic amines) is 1. The Balaban J connectivity index is 1.84. The minimum Gasteiger partial charge on any atom is -0.336 e. The monoisotopic (exact) mass is 323 g/mol. The number of urea groups is 1. The smallest absolute Gasteiger partial charge is 0.315 e. The normalized spacial score (nSPS) is 18.5. The summed E-state index contributed by atoms with van der Waals surface area (Å²) in [7, 11) is 0. The highest BCUT2D eigenvalue weighted by molar-refractivity contribution is 6.31. The predicted molar refractivity (Wildman–Crippen MR) is 86.7 cm³/mol. The molecule has 1 saturated heterocycles. The van der Waals surface area contributed by atoms with Crippen LogP contribution in [-0.4, -0.2) is 35.0 Å². The van der Waals surface area contributed by atoms with Crippen molar-refractivity contribution >= 4 is 23.5 Å². The van der Waals surface area contributed by atoms with Crippen LogP contribution in [0.25, 0.3) is 0 Å². The number of hydrogen-bond donors (Lipinski definition) is 2. The van der Waals surface area contributed by atoms with E-state index in [-0.39, 0.29) is 23.5 Å². The minimum absolute atomic E-state index is 0.0731. The molecule has 0 saturated carbocycles. The molecule has 1 aliphatic heterocycles. The summed E-state index contributed by atoms with van der Waals surface area (Å²) in [6.45, 7) is 6.87. The molecule has 22 heavy (non-hydrogen) atoms. The van der Waals surface area contributed by atoms with E-state index < -0.39 is 0 Å². The lowest BCUT2D eigenvalue weighted by Crippen LogP contribution is -2.46. The Bertz CT molecular complexity index is 569. The molecule has 1 unspecified atom stereocenters. The number of hydrogen-bond acceptors (Lipinski definition) is 2. The maximum absolute atomic E-state index is 12.0. The van der Waals surface area contributed by atoms with Crippen LogP contribution in [0.4, 0.5) is 4.79 Å². The Morgan fingerprint density at radius 2 is 2.05 bits per heavy atom. The van der Waals surface area contributed by atoms with Crippen molar-refractivity contribution < 1.29 is 9.59 Å². The van der Waals surface area contributed by atoms with Crippen LogP contribution in [0, 0.1) is 0 Å². The lowest BCUT2D eigenvalue weighted by Gasteiger charge is -2.32. The van der Waals surface area contributed by atoms with Gasteiger partial charge < -0.3 is 15.5 Å². The van der Waals surface area contributed by atoms with Crippen LogP contribution < -0.4 is 10.6 Å². The SMILES string of the molecule is CC(C)(C)N1CC(NC(=O)NCc2ccccc2Cl)CC1=O. The maximum atomic E-state index is 12.0. The van der Waals surface area contributed by atoms with E-state index >= 15 is 0 Å². The quantitative estimate of drug-likeness (QED) is 0.898. The van der Waals surface area contributed by atoms with Gasteiger partial charge in [0.25, 0.3) is 0 Å². The van der Waals surface area contributed by atoms with Gasteiger partial charge in [-0.3, -0.25) is 4.79 Å². The summed E-state index contributed by atoms with van der Waals surface area (Å²) in [6.07, 6.45) is 0.344. The van der Waals surface area contributed by atoms with Gasteiger partial charge >= 0.3 is 6.03 Å². The largest absolute Gasteiger partial charge is 0.336 e. The van der Waals surface area contributed by atoms with Crippen molar-refractivity contribution in [2.75, 3.05) is 6.54 Å². The Hall–Kier alpha value is -1.75. The van der Waals surface area contributed by atoms with Crippen LogP contribution in [0.3, 0.4) is 0 Å². The van der Waals surface area contributed by atoms with E-state index in [0.717, 1.165) is 5.56 Å². The third-order valence-electron chi connectivity index (χ3n) is 3.67. The van der Waals surface area contributed by atoms with Gasteiger partial charge in [-0.05, 0) is 32.4 Å². The molecule has 0 spiro atoms. The molecule has 6 heteroatoms. The number of rotatable bonds is 3. The summed E-state index contributed by atoms with van der Waals surface area (Å²) in [4.78, 5) is 25.7. The van der Waals surface area contributed by atoms with Crippen LogP contribution >= 0.6 is 11.6 Å². The van der Waals surface area contributed by atoms with Crippen molar-refractivity contribution in [3.05, 3.63) is 34.9 Å². The van der Waals surface area contributed by atoms with E-state index in [0.29, 0.717) is 24.5 Å². The molecule has 0 radical (unpaired) electrons. The first kappa shape index (κ1) is 16.6. The van der Waals surface area contributed by atoms with Crippen LogP contribution in [0.15, 0.2) is 24.3 Å². The van der Waals surface area contributed by atoms with E-state index in [1.165, 1.54) is 0 Å². The zero-order chi connectivity index (χ0) is 16.3. The topological polar surface area (TPSA) is 61.4 Å². The Labute approximate surface area is 136 Å². The number of carbonyl (C=O) groups is 2. The standard InChI is InChI=1S/C16H22ClN3O2/c1-16(2,3)20-10-12(8-14(20)21)19-15(22)18-9-11-6-4-5-7-13(11)17/h4-7,12H,8-10H2,1-3H3,(H2,18,19,22). The number of amides is 3. The molecular formula is C16H22ClN3O2. The number of carbonyl (C=O) groups excluding carboxylic acids is 2. The lowest BCUT2D eigenvalue weighted by molar-refractivity contribution is -0.131. The van der Waals surface area contributed by atoms with Crippen molar-refractivity contribution in [1.29, 1.82) is 0 Å². The molecule has 2 rings (SSSR count). The molecule has 1 aromatic rings. The molecule has 3 amide bonds. The highest BCUT2D eigenvalue weighted by atomic mass is 35.5. The van der Waals surface area contributed by atoms with E-state index in [4.69, 9.17) is 11.6 Å². The second-order valence-electron chi connectivity index (χ2n) is 6.49. The van der Waals surface area contributed by atoms with E-state index in [1.807, 2.05) is 39.0 Å². The van der Waals surface area contributed by atoms with Gasteiger partial charge in [-0.2, -0.15) is 0 Å². The van der Waals surface area contributed by atoms with Crippen LogP contribution in [0.5, 0.6) is 0 Å². The summed E-state index contributed by atoms with van der Waals surface area (Å²) < 4.78 is 0. The summed E-state index contributed by atoms with van der Waals surface area (Å²) in [5, 5.41) is 6.24. The molecule has 0 bridgehead atoms. The molecule has 1 aromatic carbocycles. The van der Waals surface area contributed by atoms with Crippen molar-refractivity contribution in [3.63, 3.8) is 0 Å². The number of nitrogens with one attached hydrogen (secondary N) is 2. The van der Waals surface area contributed by atoms with Crippen molar-refractivity contribution in [3.8, 4) is 0 Å². The molecule has 1 fully saturated rings. The van der Waals surface area contributed by atoms with Crippen LogP contribution in [-0.2, 0) is 11.3 Å². The Morgan fingerprint density at radius 3 is 2.64 bits per heavy atom. The average Bonchev–Trinajstić information content (AvgIpc) is 2.78. The first-order valence-corrected chi connectivity index (χ1v) is 7.73. The fourth-order valence-electron chi connectivity index (χ4n) is 2.51. The fourth-order valence-corrected chi connectivity index (χ4v) is 2.71. The van der Waals surface area contributed by atoms with Crippen LogP contribution in [0.2, 0.25) is 5.02 Å². The summed E-state index contributed by atoms with van der Waals surface area (Å²) in [6, 6.07) is 6.93. The van der Waals surface area contributed by atoms with Crippen molar-refractivity contribution in [2.24, 2.45) is 0 Å². The summed E-state index contributed by atoms with van der Waals surface area (Å²) >= 11 is 6.04. The van der Waals surface area contributed by atoms with Crippen molar-refractivity contribution in [1.82, 2.24) is 15.5 Å². The Morgan fingerprint density at radius 1 is 1.36 bits per heavy atom. The maximum Gasteiger partial charge on any atom is 0.315 e. The molecule has 120 valence electrons. The van der Waals surface area contributed by atoms with Gasteiger partial charge in [-0.1, -0.05) is 29.8 Å². The molecule has 1 atom stereocenters. The van der Waals surface area contributed by atoms with E-state index in [2.05, 4.69) is 10.6 Å². The molecule has 0 aliphatic carbocycles. The average molecular weight is 324 g/mol. The van der Waals surface area contributed by atoms with Gasteiger partial charge in [0.1, 0.15) is 0 Å². The molecule has 2 N–H and O–H groups in total. The third-order valence-corrected chi connectivity index (χ3v) is 4.04. The van der Waals surface area contributed by atoms with Crippen molar-refractivity contribution in [2.45, 2.75) is 45.3 Å². The summed E-state index contributed by atoms with van der Waals surface area (Å²) in [5.41, 5.74) is 0.639.